The number of methoxy groups -OCH3 is 2. The summed E-state index contributed by atoms with van der Waals surface area (Å²) in [5.74, 6) is 0.437. The Hall–Kier alpha value is -5.10. The van der Waals surface area contributed by atoms with Gasteiger partial charge in [0.15, 0.2) is 0 Å². The van der Waals surface area contributed by atoms with Gasteiger partial charge >= 0.3 is 0 Å². The fourth-order valence-corrected chi connectivity index (χ4v) is 14.0. The first-order valence-corrected chi connectivity index (χ1v) is 32.6. The Balaban J connectivity index is 1.80. The average Bonchev–Trinajstić information content (AvgIpc) is 0.950. The summed E-state index contributed by atoms with van der Waals surface area (Å²) in [6.45, 7) is 54.7. The summed E-state index contributed by atoms with van der Waals surface area (Å²) in [7, 11) is 3.75. The van der Waals surface area contributed by atoms with Crippen LogP contribution in [0.3, 0.4) is 0 Å². The Morgan fingerprint density at radius 1 is 0.282 bits per heavy atom. The molecule has 85 heavy (non-hydrogen) atoms. The van der Waals surface area contributed by atoms with E-state index < -0.39 is 16.8 Å². The van der Waals surface area contributed by atoms with E-state index in [4.69, 9.17) is 9.47 Å². The molecule has 7 aromatic rings. The molecule has 0 heterocycles. The highest BCUT2D eigenvalue weighted by molar-refractivity contribution is 9.10. The summed E-state index contributed by atoms with van der Waals surface area (Å²) in [5, 5.41) is 15.9. The van der Waals surface area contributed by atoms with Gasteiger partial charge in [-0.1, -0.05) is 297 Å². The zero-order chi connectivity index (χ0) is 63.5. The third-order valence-electron chi connectivity index (χ3n) is 18.5. The molecule has 0 bridgehead atoms. The molecule has 0 saturated heterocycles. The van der Waals surface area contributed by atoms with E-state index in [0.717, 1.165) is 71.2 Å². The Morgan fingerprint density at radius 2 is 0.471 bits per heavy atom. The van der Waals surface area contributed by atoms with E-state index in [1.165, 1.54) is 38.9 Å². The minimum absolute atomic E-state index is 0.000622. The largest absolute Gasteiger partial charge is 0.376 e. The van der Waals surface area contributed by atoms with Crippen LogP contribution in [-0.4, -0.2) is 19.3 Å². The second-order valence-corrected chi connectivity index (χ2v) is 31.6. The van der Waals surface area contributed by atoms with Gasteiger partial charge in [-0.25, -0.2) is 0 Å². The summed E-state index contributed by atoms with van der Waals surface area (Å²) in [6, 6.07) is 50.8. The van der Waals surface area contributed by atoms with E-state index in [1.54, 1.807) is 0 Å². The molecule has 0 aromatic heterocycles. The fraction of sp³-hybridized carbons (Fsp3) is 0.481. The van der Waals surface area contributed by atoms with E-state index in [0.29, 0.717) is 0 Å². The van der Waals surface area contributed by atoms with Crippen LogP contribution in [0, 0.1) is 0 Å². The van der Waals surface area contributed by atoms with Crippen LogP contribution in [-0.2, 0) is 47.9 Å². The van der Waals surface area contributed by atoms with Crippen molar-refractivity contribution < 1.29 is 14.6 Å². The summed E-state index contributed by atoms with van der Waals surface area (Å²) >= 11 is 4.19. The Kier molecular flexibility index (Phi) is 19.7. The molecule has 0 radical (unpaired) electrons. The SMILES string of the molecule is COC(c1ccc(C(C)(C)C)cc1)(c1ccc(C(C)(C)C)cc1)c1cc(C(O)(c2cc(Br)c(C(C)C)cc2C(C)C)c2cc(C(OC)(c3ccc(C(C)(C)C)cc3)c3ccc(C(C)(C)C)cc3)c(C(C)C)cc2C(C)C)c(C(C)C)cc1C(C)C. The summed E-state index contributed by atoms with van der Waals surface area (Å²) < 4.78 is 15.7. The molecule has 0 aliphatic heterocycles. The number of hydrogen-bond acceptors (Lipinski definition) is 3. The van der Waals surface area contributed by atoms with Crippen LogP contribution >= 0.6 is 15.9 Å². The second-order valence-electron chi connectivity index (χ2n) is 30.7. The minimum Gasteiger partial charge on any atom is -0.376 e. The van der Waals surface area contributed by atoms with E-state index in [1.807, 2.05) is 14.2 Å². The van der Waals surface area contributed by atoms with Crippen molar-refractivity contribution in [2.24, 2.45) is 0 Å². The van der Waals surface area contributed by atoms with E-state index >= 15 is 5.11 Å². The highest BCUT2D eigenvalue weighted by atomic mass is 79.9. The van der Waals surface area contributed by atoms with Gasteiger partial charge in [-0.3, -0.25) is 0 Å². The molecule has 0 saturated carbocycles. The maximum absolute atomic E-state index is 15.9. The van der Waals surface area contributed by atoms with Crippen LogP contribution in [0.4, 0.5) is 0 Å². The van der Waals surface area contributed by atoms with Gasteiger partial charge in [-0.15, -0.1) is 0 Å². The number of rotatable bonds is 17. The van der Waals surface area contributed by atoms with Crippen molar-refractivity contribution in [1.29, 1.82) is 0 Å². The molecule has 456 valence electrons. The third-order valence-corrected chi connectivity index (χ3v) is 19.2. The Morgan fingerprint density at radius 3 is 0.671 bits per heavy atom. The topological polar surface area (TPSA) is 38.7 Å². The molecule has 0 aliphatic carbocycles. The summed E-state index contributed by atoms with van der Waals surface area (Å²) in [4.78, 5) is 0. The lowest BCUT2D eigenvalue weighted by atomic mass is 9.66. The first-order chi connectivity index (χ1) is 39.3. The third kappa shape index (κ3) is 12.8. The van der Waals surface area contributed by atoms with Crippen molar-refractivity contribution >= 4 is 15.9 Å². The maximum atomic E-state index is 15.9. The van der Waals surface area contributed by atoms with Crippen molar-refractivity contribution in [2.45, 2.75) is 240 Å². The van der Waals surface area contributed by atoms with Crippen molar-refractivity contribution in [1.82, 2.24) is 0 Å². The molecule has 7 aromatic carbocycles. The van der Waals surface area contributed by atoms with Crippen molar-refractivity contribution in [3.05, 3.63) is 244 Å². The lowest BCUT2D eigenvalue weighted by Crippen LogP contribution is -2.38. The molecule has 0 fully saturated rings. The molecule has 1 N–H and O–H groups in total. The van der Waals surface area contributed by atoms with E-state index in [-0.39, 0.29) is 57.2 Å². The van der Waals surface area contributed by atoms with Crippen LogP contribution < -0.4 is 0 Å². The zero-order valence-electron chi connectivity index (χ0n) is 57.3. The average molecular weight is 1210 g/mol. The standard InChI is InChI=1S/C81H107BrO3/c1-49(2)63-43-66(52(7)8)72(80(84-25,59-35-27-55(28-36-59)75(13,14)15)60-37-29-56(30-38-60)76(16,17)18)46-69(63)79(83,71-48-74(82)68(54(11)12)45-65(71)51(5)6)70-47-73(67(53(9)10)44-64(70)50(3)4)81(85-26,61-39-31-57(32-40-61)77(19,20)21)62-41-33-58(34-42-62)78(22,23)24/h27-54,83H,1-26H3. The monoisotopic (exact) mass is 1210 g/mol. The van der Waals surface area contributed by atoms with Gasteiger partial charge < -0.3 is 14.6 Å². The number of benzene rings is 7. The van der Waals surface area contributed by atoms with Gasteiger partial charge in [0.05, 0.1) is 0 Å². The second kappa shape index (κ2) is 24.8. The molecule has 0 spiro atoms. The molecule has 3 nitrogen and oxygen atoms in total. The predicted molar refractivity (Wildman–Crippen MR) is 368 cm³/mol. The summed E-state index contributed by atoms with van der Waals surface area (Å²) in [6.07, 6.45) is 0. The normalized spacial score (nSPS) is 13.4. The van der Waals surface area contributed by atoms with Gasteiger partial charge in [0.1, 0.15) is 16.8 Å². The molecule has 0 aliphatic rings. The molecule has 4 heteroatoms. The van der Waals surface area contributed by atoms with Crippen LogP contribution in [0.5, 0.6) is 0 Å². The quantitative estimate of drug-likeness (QED) is 0.0924. The molecular formula is C81H107BrO3. The predicted octanol–water partition coefficient (Wildman–Crippen LogP) is 22.5. The molecule has 7 rings (SSSR count). The van der Waals surface area contributed by atoms with Crippen molar-refractivity contribution in [3.8, 4) is 0 Å². The van der Waals surface area contributed by atoms with Gasteiger partial charge in [0.25, 0.3) is 0 Å². The van der Waals surface area contributed by atoms with Gasteiger partial charge in [0.2, 0.25) is 0 Å². The number of aliphatic hydroxyl groups is 1. The van der Waals surface area contributed by atoms with Crippen LogP contribution in [0.15, 0.2) is 138 Å². The van der Waals surface area contributed by atoms with Crippen molar-refractivity contribution in [2.75, 3.05) is 14.2 Å². The maximum Gasteiger partial charge on any atom is 0.143 e. The minimum atomic E-state index is -1.78. The lowest BCUT2D eigenvalue weighted by Gasteiger charge is -2.43. The van der Waals surface area contributed by atoms with Gasteiger partial charge in [0, 0.05) is 18.7 Å². The number of halogens is 1. The smallest absolute Gasteiger partial charge is 0.143 e. The first kappa shape index (κ1) is 67.4. The molecule has 0 atom stereocenters. The van der Waals surface area contributed by atoms with Gasteiger partial charge in [-0.05, 0) is 181 Å². The Bertz CT molecular complexity index is 3120. The van der Waals surface area contributed by atoms with Gasteiger partial charge in [-0.2, -0.15) is 0 Å². The molecule has 0 unspecified atom stereocenters. The number of ether oxygens (including phenoxy) is 2. The zero-order valence-corrected chi connectivity index (χ0v) is 58.9. The number of hydrogen-bond donors (Lipinski definition) is 1. The fourth-order valence-electron chi connectivity index (χ4n) is 13.2. The van der Waals surface area contributed by atoms with Crippen LogP contribution in [0.1, 0.15) is 307 Å². The highest BCUT2D eigenvalue weighted by Gasteiger charge is 2.48. The lowest BCUT2D eigenvalue weighted by molar-refractivity contribution is 0.0562. The van der Waals surface area contributed by atoms with E-state index in [2.05, 4.69) is 316 Å². The summed E-state index contributed by atoms with van der Waals surface area (Å²) in [5.41, 5.74) is 16.2. The van der Waals surface area contributed by atoms with Crippen LogP contribution in [0.25, 0.3) is 0 Å². The van der Waals surface area contributed by atoms with Crippen LogP contribution in [0.2, 0.25) is 0 Å². The molecular weight excluding hydrogens is 1100 g/mol. The van der Waals surface area contributed by atoms with E-state index in [9.17, 15) is 0 Å². The first-order valence-electron chi connectivity index (χ1n) is 31.8. The highest BCUT2D eigenvalue weighted by Crippen LogP contribution is 2.55. The Labute approximate surface area is 525 Å². The van der Waals surface area contributed by atoms with Crippen molar-refractivity contribution in [3.63, 3.8) is 0 Å². The molecule has 0 amide bonds.